The summed E-state index contributed by atoms with van der Waals surface area (Å²) in [4.78, 5) is 9.46. The Hall–Kier alpha value is -3.23. The number of nitrogens with one attached hydrogen (secondary N) is 1. The highest BCUT2D eigenvalue weighted by molar-refractivity contribution is 7.98. The van der Waals surface area contributed by atoms with Gasteiger partial charge >= 0.3 is 0 Å². The molecule has 3 heterocycles. The zero-order valence-corrected chi connectivity index (χ0v) is 17.7. The van der Waals surface area contributed by atoms with Crippen molar-refractivity contribution < 1.29 is 4.42 Å². The van der Waals surface area contributed by atoms with Gasteiger partial charge in [-0.1, -0.05) is 59.8 Å². The molecule has 0 fully saturated rings. The predicted octanol–water partition coefficient (Wildman–Crippen LogP) is 5.73. The van der Waals surface area contributed by atoms with Gasteiger partial charge in [-0.25, -0.2) is 15.1 Å². The summed E-state index contributed by atoms with van der Waals surface area (Å²) in [5, 5.41) is 8.62. The minimum Gasteiger partial charge on any atom is -0.413 e. The fourth-order valence-electron chi connectivity index (χ4n) is 3.33. The summed E-state index contributed by atoms with van der Waals surface area (Å²) < 4.78 is 7.51. The van der Waals surface area contributed by atoms with E-state index in [-0.39, 0.29) is 4.84 Å². The van der Waals surface area contributed by atoms with E-state index in [1.54, 1.807) is 18.1 Å². The number of H-pyrrole nitrogens is 1. The molecular formula is C22H17N5OS2. The van der Waals surface area contributed by atoms with Crippen LogP contribution in [0.5, 0.6) is 0 Å². The van der Waals surface area contributed by atoms with E-state index >= 15 is 0 Å². The third kappa shape index (κ3) is 3.55. The Morgan fingerprint density at radius 3 is 2.60 bits per heavy atom. The van der Waals surface area contributed by atoms with Gasteiger partial charge in [-0.2, -0.15) is 0 Å². The van der Waals surface area contributed by atoms with Crippen molar-refractivity contribution in [1.82, 2.24) is 24.7 Å². The lowest BCUT2D eigenvalue weighted by atomic mass is 10.1. The van der Waals surface area contributed by atoms with Crippen molar-refractivity contribution in [2.75, 3.05) is 0 Å². The molecule has 0 aliphatic heterocycles. The van der Waals surface area contributed by atoms with Crippen molar-refractivity contribution in [3.8, 4) is 16.8 Å². The summed E-state index contributed by atoms with van der Waals surface area (Å²) in [6.07, 6.45) is 3.73. The van der Waals surface area contributed by atoms with Crippen LogP contribution in [-0.4, -0.2) is 24.7 Å². The molecule has 6 nitrogen and oxygen atoms in total. The van der Waals surface area contributed by atoms with Crippen LogP contribution >= 0.6 is 24.0 Å². The number of fused-ring (bicyclic) bond motifs is 1. The Morgan fingerprint density at radius 1 is 1.07 bits per heavy atom. The van der Waals surface area contributed by atoms with Gasteiger partial charge < -0.3 is 8.98 Å². The predicted molar refractivity (Wildman–Crippen MR) is 120 cm³/mol. The second kappa shape index (κ2) is 7.89. The third-order valence-corrected chi connectivity index (χ3v) is 5.91. The average molecular weight is 432 g/mol. The minimum absolute atomic E-state index is 0.272. The fourth-order valence-corrected chi connectivity index (χ4v) is 4.33. The standard InChI is InChI=1S/C22H17N5OS2/c1-14-7-9-16(10-8-14)27-11-17(15-5-3-2-4-6-15)19-20(27)23-13-24-21(19)30-12-18-25-26-22(29)28-18/h2-11,13H,12H2,1H3,(H,26,29). The Labute approximate surface area is 182 Å². The number of hydrogen-bond acceptors (Lipinski definition) is 6. The molecule has 0 radical (unpaired) electrons. The summed E-state index contributed by atoms with van der Waals surface area (Å²) in [5.74, 6) is 1.06. The Kier molecular flexibility index (Phi) is 4.94. The highest BCUT2D eigenvalue weighted by Gasteiger charge is 2.18. The van der Waals surface area contributed by atoms with E-state index in [1.807, 2.05) is 18.2 Å². The van der Waals surface area contributed by atoms with Gasteiger partial charge in [-0.15, -0.1) is 5.10 Å². The average Bonchev–Trinajstić information content (AvgIpc) is 3.37. The van der Waals surface area contributed by atoms with Crippen LogP contribution in [0.2, 0.25) is 0 Å². The van der Waals surface area contributed by atoms with Crippen LogP contribution in [0.4, 0.5) is 0 Å². The van der Waals surface area contributed by atoms with Gasteiger partial charge in [0.2, 0.25) is 5.89 Å². The third-order valence-electron chi connectivity index (χ3n) is 4.76. The molecular weight excluding hydrogens is 414 g/mol. The summed E-state index contributed by atoms with van der Waals surface area (Å²) >= 11 is 6.52. The Bertz CT molecular complexity index is 1370. The van der Waals surface area contributed by atoms with E-state index in [2.05, 4.69) is 74.3 Å². The molecule has 1 N–H and O–H groups in total. The molecule has 3 aromatic heterocycles. The monoisotopic (exact) mass is 431 g/mol. The van der Waals surface area contributed by atoms with Crippen LogP contribution in [0.15, 0.2) is 76.6 Å². The van der Waals surface area contributed by atoms with Gasteiger partial charge in [0, 0.05) is 17.4 Å². The van der Waals surface area contributed by atoms with E-state index in [0.717, 1.165) is 32.9 Å². The van der Waals surface area contributed by atoms with E-state index < -0.39 is 0 Å². The number of aryl methyl sites for hydroxylation is 1. The first-order valence-corrected chi connectivity index (χ1v) is 10.7. The molecule has 5 rings (SSSR count). The number of aromatic amines is 1. The van der Waals surface area contributed by atoms with Gasteiger partial charge in [0.05, 0.1) is 11.1 Å². The molecule has 0 aliphatic carbocycles. The SMILES string of the molecule is Cc1ccc(-n2cc(-c3ccccc3)c3c(SCc4n[nH]c(=S)o4)ncnc32)cc1. The highest BCUT2D eigenvalue weighted by Crippen LogP contribution is 2.37. The minimum atomic E-state index is 0.272. The van der Waals surface area contributed by atoms with Gasteiger partial charge in [-0.3, -0.25) is 0 Å². The lowest BCUT2D eigenvalue weighted by Crippen LogP contribution is -1.95. The van der Waals surface area contributed by atoms with Crippen molar-refractivity contribution in [3.05, 3.63) is 83.4 Å². The largest absolute Gasteiger partial charge is 0.413 e. The molecule has 0 amide bonds. The maximum Gasteiger partial charge on any atom is 0.284 e. The molecule has 0 spiro atoms. The number of thioether (sulfide) groups is 1. The molecule has 0 atom stereocenters. The number of nitrogens with zero attached hydrogens (tertiary/aromatic N) is 4. The highest BCUT2D eigenvalue weighted by atomic mass is 32.2. The van der Waals surface area contributed by atoms with E-state index in [1.165, 1.54) is 5.56 Å². The molecule has 0 bridgehead atoms. The summed E-state index contributed by atoms with van der Waals surface area (Å²) in [7, 11) is 0. The van der Waals surface area contributed by atoms with Crippen molar-refractivity contribution in [2.45, 2.75) is 17.7 Å². The van der Waals surface area contributed by atoms with Crippen molar-refractivity contribution in [3.63, 3.8) is 0 Å². The second-order valence-corrected chi connectivity index (χ2v) is 8.12. The summed E-state index contributed by atoms with van der Waals surface area (Å²) in [5.41, 5.74) is 5.33. The molecule has 0 saturated heterocycles. The van der Waals surface area contributed by atoms with Gasteiger partial charge in [0.15, 0.2) is 0 Å². The molecule has 30 heavy (non-hydrogen) atoms. The number of aromatic nitrogens is 5. The zero-order valence-electron chi connectivity index (χ0n) is 16.1. The lowest BCUT2D eigenvalue weighted by molar-refractivity contribution is 0.500. The molecule has 2 aromatic carbocycles. The maximum atomic E-state index is 5.40. The van der Waals surface area contributed by atoms with Gasteiger partial charge in [0.25, 0.3) is 4.84 Å². The molecule has 5 aromatic rings. The smallest absolute Gasteiger partial charge is 0.284 e. The molecule has 0 unspecified atom stereocenters. The number of hydrogen-bond donors (Lipinski definition) is 1. The van der Waals surface area contributed by atoms with E-state index in [4.69, 9.17) is 16.6 Å². The normalized spacial score (nSPS) is 11.2. The van der Waals surface area contributed by atoms with Crippen molar-refractivity contribution in [1.29, 1.82) is 0 Å². The maximum absolute atomic E-state index is 5.40. The van der Waals surface area contributed by atoms with Crippen molar-refractivity contribution >= 4 is 35.0 Å². The first-order chi connectivity index (χ1) is 14.7. The summed E-state index contributed by atoms with van der Waals surface area (Å²) in [6.45, 7) is 2.08. The first kappa shape index (κ1) is 18.8. The second-order valence-electron chi connectivity index (χ2n) is 6.79. The van der Waals surface area contributed by atoms with E-state index in [0.29, 0.717) is 11.6 Å². The molecule has 0 aliphatic rings. The molecule has 0 saturated carbocycles. The van der Waals surface area contributed by atoms with Crippen LogP contribution < -0.4 is 0 Å². The van der Waals surface area contributed by atoms with Crippen LogP contribution in [-0.2, 0) is 5.75 Å². The molecule has 8 heteroatoms. The number of rotatable bonds is 5. The Balaban J connectivity index is 1.67. The van der Waals surface area contributed by atoms with Crippen LogP contribution in [0, 0.1) is 11.8 Å². The van der Waals surface area contributed by atoms with Gasteiger partial charge in [0.1, 0.15) is 17.0 Å². The van der Waals surface area contributed by atoms with E-state index in [9.17, 15) is 0 Å². The van der Waals surface area contributed by atoms with Crippen LogP contribution in [0.25, 0.3) is 27.8 Å². The first-order valence-electron chi connectivity index (χ1n) is 9.35. The quantitative estimate of drug-likeness (QED) is 0.218. The zero-order chi connectivity index (χ0) is 20.5. The molecule has 148 valence electrons. The fraction of sp³-hybridized carbons (Fsp3) is 0.0909. The van der Waals surface area contributed by atoms with Crippen LogP contribution in [0.1, 0.15) is 11.5 Å². The summed E-state index contributed by atoms with van der Waals surface area (Å²) in [6, 6.07) is 18.7. The topological polar surface area (TPSA) is 72.5 Å². The Morgan fingerprint density at radius 2 is 1.87 bits per heavy atom. The number of benzene rings is 2. The van der Waals surface area contributed by atoms with Crippen molar-refractivity contribution in [2.24, 2.45) is 0 Å². The van der Waals surface area contributed by atoms with Gasteiger partial charge in [-0.05, 0) is 36.8 Å². The van der Waals surface area contributed by atoms with Crippen LogP contribution in [0.3, 0.4) is 0 Å². The lowest BCUT2D eigenvalue weighted by Gasteiger charge is -2.06.